The molecular formula is C16H14Cl3NO3. The average molecular weight is 375 g/mol. The number of amides is 1. The van der Waals surface area contributed by atoms with E-state index in [0.717, 1.165) is 0 Å². The first-order valence-corrected chi connectivity index (χ1v) is 7.80. The van der Waals surface area contributed by atoms with E-state index < -0.39 is 6.10 Å². The van der Waals surface area contributed by atoms with E-state index in [1.165, 1.54) is 7.11 Å². The molecule has 1 N–H and O–H groups in total. The summed E-state index contributed by atoms with van der Waals surface area (Å²) in [5.41, 5.74) is 0.467. The largest absolute Gasteiger partial charge is 0.495 e. The predicted octanol–water partition coefficient (Wildman–Crippen LogP) is 5.06. The van der Waals surface area contributed by atoms with Gasteiger partial charge in [0.2, 0.25) is 0 Å². The van der Waals surface area contributed by atoms with Crippen molar-refractivity contribution >= 4 is 46.4 Å². The Morgan fingerprint density at radius 3 is 2.48 bits per heavy atom. The highest BCUT2D eigenvalue weighted by Gasteiger charge is 2.17. The molecule has 0 saturated carbocycles. The normalized spacial score (nSPS) is 11.7. The summed E-state index contributed by atoms with van der Waals surface area (Å²) >= 11 is 17.7. The Morgan fingerprint density at radius 1 is 1.09 bits per heavy atom. The summed E-state index contributed by atoms with van der Waals surface area (Å²) in [7, 11) is 1.51. The van der Waals surface area contributed by atoms with Crippen LogP contribution < -0.4 is 14.8 Å². The van der Waals surface area contributed by atoms with Crippen molar-refractivity contribution in [2.45, 2.75) is 13.0 Å². The van der Waals surface area contributed by atoms with Crippen LogP contribution in [0.25, 0.3) is 0 Å². The molecule has 0 aliphatic heterocycles. The number of methoxy groups -OCH3 is 1. The lowest BCUT2D eigenvalue weighted by Crippen LogP contribution is -2.30. The third kappa shape index (κ3) is 4.67. The van der Waals surface area contributed by atoms with Gasteiger partial charge in [-0.15, -0.1) is 0 Å². The van der Waals surface area contributed by atoms with Crippen LogP contribution in [0.3, 0.4) is 0 Å². The molecule has 0 aliphatic rings. The summed E-state index contributed by atoms with van der Waals surface area (Å²) in [6, 6.07) is 9.73. The summed E-state index contributed by atoms with van der Waals surface area (Å²) < 4.78 is 10.7. The van der Waals surface area contributed by atoms with E-state index in [1.54, 1.807) is 43.3 Å². The van der Waals surface area contributed by atoms with Crippen LogP contribution in [0.5, 0.6) is 11.5 Å². The molecule has 1 atom stereocenters. The Bertz CT molecular complexity index is 722. The molecule has 4 nitrogen and oxygen atoms in total. The molecule has 2 rings (SSSR count). The number of carbonyl (C=O) groups excluding carboxylic acids is 1. The fourth-order valence-electron chi connectivity index (χ4n) is 1.82. The van der Waals surface area contributed by atoms with E-state index in [9.17, 15) is 4.79 Å². The van der Waals surface area contributed by atoms with E-state index >= 15 is 0 Å². The van der Waals surface area contributed by atoms with E-state index in [0.29, 0.717) is 32.3 Å². The molecule has 0 spiro atoms. The van der Waals surface area contributed by atoms with Crippen molar-refractivity contribution in [3.05, 3.63) is 51.5 Å². The maximum Gasteiger partial charge on any atom is 0.265 e. The molecule has 2 aromatic rings. The monoisotopic (exact) mass is 373 g/mol. The summed E-state index contributed by atoms with van der Waals surface area (Å²) in [5, 5.41) is 3.97. The Kier molecular flexibility index (Phi) is 5.99. The zero-order valence-electron chi connectivity index (χ0n) is 12.4. The first kappa shape index (κ1) is 17.7. The van der Waals surface area contributed by atoms with Crippen LogP contribution in [0.1, 0.15) is 6.92 Å². The van der Waals surface area contributed by atoms with Gasteiger partial charge in [-0.2, -0.15) is 0 Å². The van der Waals surface area contributed by atoms with Crippen LogP contribution in [0.4, 0.5) is 5.69 Å². The Hall–Kier alpha value is -1.62. The second-order valence-corrected chi connectivity index (χ2v) is 5.92. The molecule has 0 heterocycles. The van der Waals surface area contributed by atoms with Crippen molar-refractivity contribution in [2.24, 2.45) is 0 Å². The zero-order valence-corrected chi connectivity index (χ0v) is 14.7. The van der Waals surface area contributed by atoms with Gasteiger partial charge in [-0.25, -0.2) is 0 Å². The average Bonchev–Trinajstić information content (AvgIpc) is 2.51. The molecule has 0 aromatic heterocycles. The quantitative estimate of drug-likeness (QED) is 0.795. The number of ether oxygens (including phenoxy) is 2. The van der Waals surface area contributed by atoms with Crippen LogP contribution in [0, 0.1) is 0 Å². The van der Waals surface area contributed by atoms with Gasteiger partial charge in [-0.3, -0.25) is 4.79 Å². The molecule has 0 saturated heterocycles. The number of rotatable bonds is 5. The predicted molar refractivity (Wildman–Crippen MR) is 93.2 cm³/mol. The van der Waals surface area contributed by atoms with E-state index in [-0.39, 0.29) is 5.91 Å². The number of anilines is 1. The summed E-state index contributed by atoms with van der Waals surface area (Å²) in [5.74, 6) is 0.598. The Balaban J connectivity index is 2.08. The first-order valence-electron chi connectivity index (χ1n) is 6.67. The third-order valence-corrected chi connectivity index (χ3v) is 3.97. The molecule has 122 valence electrons. The minimum Gasteiger partial charge on any atom is -0.495 e. The number of halogens is 3. The molecule has 1 amide bonds. The van der Waals surface area contributed by atoms with E-state index in [4.69, 9.17) is 44.3 Å². The van der Waals surface area contributed by atoms with Crippen LogP contribution in [0.15, 0.2) is 36.4 Å². The molecule has 2 aromatic carbocycles. The van der Waals surface area contributed by atoms with Crippen LogP contribution in [0.2, 0.25) is 15.1 Å². The smallest absolute Gasteiger partial charge is 0.265 e. The second kappa shape index (κ2) is 7.77. The molecule has 0 aliphatic carbocycles. The van der Waals surface area contributed by atoms with Crippen molar-refractivity contribution < 1.29 is 14.3 Å². The first-order chi connectivity index (χ1) is 10.9. The molecule has 23 heavy (non-hydrogen) atoms. The lowest BCUT2D eigenvalue weighted by atomic mass is 10.2. The fraction of sp³-hybridized carbons (Fsp3) is 0.188. The van der Waals surface area contributed by atoms with Gasteiger partial charge in [0.05, 0.1) is 22.8 Å². The molecule has 0 fully saturated rings. The van der Waals surface area contributed by atoms with E-state index in [2.05, 4.69) is 5.32 Å². The molecule has 1 unspecified atom stereocenters. The standard InChI is InChI=1S/C16H14Cl3NO3/c1-9(23-11-4-5-12(18)13(19)8-11)16(21)20-14-7-10(17)3-6-15(14)22-2/h3-9H,1-2H3,(H,20,21). The van der Waals surface area contributed by atoms with Crippen LogP contribution in [-0.2, 0) is 4.79 Å². The Labute approximate surface area is 149 Å². The van der Waals surface area contributed by atoms with Gasteiger partial charge in [0, 0.05) is 11.1 Å². The molecule has 0 radical (unpaired) electrons. The van der Waals surface area contributed by atoms with Gasteiger partial charge in [0.25, 0.3) is 5.91 Å². The summed E-state index contributed by atoms with van der Waals surface area (Å²) in [4.78, 5) is 12.3. The Morgan fingerprint density at radius 2 is 1.83 bits per heavy atom. The molecule has 0 bridgehead atoms. The van der Waals surface area contributed by atoms with Gasteiger partial charge < -0.3 is 14.8 Å². The number of hydrogen-bond donors (Lipinski definition) is 1. The van der Waals surface area contributed by atoms with Gasteiger partial charge in [0.1, 0.15) is 11.5 Å². The highest BCUT2D eigenvalue weighted by atomic mass is 35.5. The zero-order chi connectivity index (χ0) is 17.0. The third-order valence-electron chi connectivity index (χ3n) is 2.99. The van der Waals surface area contributed by atoms with Crippen LogP contribution in [-0.4, -0.2) is 19.1 Å². The number of hydrogen-bond acceptors (Lipinski definition) is 3. The number of nitrogens with one attached hydrogen (secondary N) is 1. The SMILES string of the molecule is COc1ccc(Cl)cc1NC(=O)C(C)Oc1ccc(Cl)c(Cl)c1. The van der Waals surface area contributed by atoms with Crippen molar-refractivity contribution in [3.8, 4) is 11.5 Å². The summed E-state index contributed by atoms with van der Waals surface area (Å²) in [6.07, 6.45) is -0.754. The lowest BCUT2D eigenvalue weighted by molar-refractivity contribution is -0.122. The van der Waals surface area contributed by atoms with Crippen molar-refractivity contribution in [1.82, 2.24) is 0 Å². The molecular weight excluding hydrogens is 361 g/mol. The number of benzene rings is 2. The van der Waals surface area contributed by atoms with Crippen molar-refractivity contribution in [3.63, 3.8) is 0 Å². The van der Waals surface area contributed by atoms with Crippen molar-refractivity contribution in [1.29, 1.82) is 0 Å². The highest BCUT2D eigenvalue weighted by Crippen LogP contribution is 2.29. The maximum absolute atomic E-state index is 12.3. The van der Waals surface area contributed by atoms with Crippen LogP contribution >= 0.6 is 34.8 Å². The maximum atomic E-state index is 12.3. The molecule has 7 heteroatoms. The summed E-state index contributed by atoms with van der Waals surface area (Å²) in [6.45, 7) is 1.62. The van der Waals surface area contributed by atoms with Gasteiger partial charge in [-0.05, 0) is 37.3 Å². The minimum absolute atomic E-state index is 0.350. The van der Waals surface area contributed by atoms with Gasteiger partial charge in [0.15, 0.2) is 6.10 Å². The van der Waals surface area contributed by atoms with Gasteiger partial charge >= 0.3 is 0 Å². The topological polar surface area (TPSA) is 47.6 Å². The highest BCUT2D eigenvalue weighted by molar-refractivity contribution is 6.42. The van der Waals surface area contributed by atoms with E-state index in [1.807, 2.05) is 0 Å². The fourth-order valence-corrected chi connectivity index (χ4v) is 2.28. The number of carbonyl (C=O) groups is 1. The lowest BCUT2D eigenvalue weighted by Gasteiger charge is -2.16. The minimum atomic E-state index is -0.754. The van der Waals surface area contributed by atoms with Gasteiger partial charge in [-0.1, -0.05) is 34.8 Å². The second-order valence-electron chi connectivity index (χ2n) is 4.67. The van der Waals surface area contributed by atoms with Crippen molar-refractivity contribution in [2.75, 3.05) is 12.4 Å².